The van der Waals surface area contributed by atoms with E-state index in [0.29, 0.717) is 5.69 Å². The van der Waals surface area contributed by atoms with E-state index in [9.17, 15) is 4.79 Å². The molecule has 0 aliphatic carbocycles. The Bertz CT molecular complexity index is 271. The minimum atomic E-state index is -0.630. The Morgan fingerprint density at radius 1 is 1.73 bits per heavy atom. The number of hydrogen-bond donors (Lipinski definition) is 0. The van der Waals surface area contributed by atoms with Crippen molar-refractivity contribution >= 4 is 6.08 Å². The summed E-state index contributed by atoms with van der Waals surface area (Å²) in [6.45, 7) is 3.52. The number of nitrogens with zero attached hydrogens (tertiary/aromatic N) is 2. The molecule has 0 amide bonds. The zero-order valence-electron chi connectivity index (χ0n) is 6.37. The van der Waals surface area contributed by atoms with Gasteiger partial charge in [-0.3, -0.25) is 0 Å². The van der Waals surface area contributed by atoms with Crippen LogP contribution in [0.5, 0.6) is 0 Å². The molecule has 0 bridgehead atoms. The third-order valence-electron chi connectivity index (χ3n) is 1.39. The van der Waals surface area contributed by atoms with Crippen LogP contribution in [0.2, 0.25) is 0 Å². The van der Waals surface area contributed by atoms with Crippen LogP contribution in [0.15, 0.2) is 21.8 Å². The van der Waals surface area contributed by atoms with Gasteiger partial charge < -0.3 is 4.52 Å². The zero-order chi connectivity index (χ0) is 8.32. The molecule has 0 N–H and O–H groups in total. The lowest BCUT2D eigenvalue weighted by molar-refractivity contribution is 0.388. The van der Waals surface area contributed by atoms with Gasteiger partial charge in [-0.2, -0.15) is 4.99 Å². The normalized spacial score (nSPS) is 10.7. The number of hydrogen-bond acceptors (Lipinski definition) is 4. The molecule has 0 aromatic carbocycles. The van der Waals surface area contributed by atoms with Crippen molar-refractivity contribution in [3.63, 3.8) is 0 Å². The van der Waals surface area contributed by atoms with E-state index in [1.807, 2.05) is 0 Å². The molecule has 1 aromatic rings. The summed E-state index contributed by atoms with van der Waals surface area (Å²) in [4.78, 5) is 13.5. The average Bonchev–Trinajstić information content (AvgIpc) is 2.37. The summed E-state index contributed by atoms with van der Waals surface area (Å²) in [5, 5.41) is 3.66. The van der Waals surface area contributed by atoms with Crippen LogP contribution in [0.25, 0.3) is 0 Å². The molecule has 1 heterocycles. The third kappa shape index (κ3) is 1.53. The molecule has 58 valence electrons. The molecule has 4 nitrogen and oxygen atoms in total. The minimum Gasteiger partial charge on any atom is -0.364 e. The van der Waals surface area contributed by atoms with Crippen LogP contribution in [-0.2, 0) is 10.3 Å². The van der Waals surface area contributed by atoms with E-state index in [-0.39, 0.29) is 0 Å². The van der Waals surface area contributed by atoms with E-state index in [1.165, 1.54) is 12.3 Å². The largest absolute Gasteiger partial charge is 0.364 e. The molecule has 4 heteroatoms. The Balaban J connectivity index is 2.99. The summed E-state index contributed by atoms with van der Waals surface area (Å²) in [5.74, 6) is 0. The Morgan fingerprint density at radius 3 is 2.91 bits per heavy atom. The van der Waals surface area contributed by atoms with Crippen molar-refractivity contribution in [3.8, 4) is 0 Å². The number of isocyanates is 1. The lowest BCUT2D eigenvalue weighted by Crippen LogP contribution is -2.13. The van der Waals surface area contributed by atoms with E-state index in [0.717, 1.165) is 0 Å². The summed E-state index contributed by atoms with van der Waals surface area (Å²) in [7, 11) is 0. The van der Waals surface area contributed by atoms with E-state index in [1.54, 1.807) is 19.9 Å². The highest BCUT2D eigenvalue weighted by Crippen LogP contribution is 2.21. The number of rotatable bonds is 2. The Morgan fingerprint density at radius 2 is 2.45 bits per heavy atom. The summed E-state index contributed by atoms with van der Waals surface area (Å²) >= 11 is 0. The van der Waals surface area contributed by atoms with Crippen LogP contribution in [0.1, 0.15) is 19.5 Å². The highest BCUT2D eigenvalue weighted by molar-refractivity contribution is 5.35. The zero-order valence-corrected chi connectivity index (χ0v) is 6.37. The van der Waals surface area contributed by atoms with Crippen molar-refractivity contribution in [2.75, 3.05) is 0 Å². The SMILES string of the molecule is CC(C)(N=C=O)c1ccon1. The van der Waals surface area contributed by atoms with Crippen LogP contribution < -0.4 is 0 Å². The second-order valence-electron chi connectivity index (χ2n) is 2.65. The van der Waals surface area contributed by atoms with E-state index >= 15 is 0 Å². The van der Waals surface area contributed by atoms with Gasteiger partial charge in [-0.1, -0.05) is 5.16 Å². The molecule has 0 spiro atoms. The second kappa shape index (κ2) is 2.68. The van der Waals surface area contributed by atoms with Crippen molar-refractivity contribution < 1.29 is 9.32 Å². The average molecular weight is 152 g/mol. The van der Waals surface area contributed by atoms with Crippen molar-refractivity contribution in [1.29, 1.82) is 0 Å². The summed E-state index contributed by atoms with van der Waals surface area (Å²) in [6.07, 6.45) is 2.93. The Kier molecular flexibility index (Phi) is 1.87. The van der Waals surface area contributed by atoms with Crippen LogP contribution in [-0.4, -0.2) is 11.2 Å². The van der Waals surface area contributed by atoms with Gasteiger partial charge in [0, 0.05) is 6.07 Å². The van der Waals surface area contributed by atoms with E-state index in [4.69, 9.17) is 0 Å². The molecular weight excluding hydrogens is 144 g/mol. The van der Waals surface area contributed by atoms with Crippen molar-refractivity contribution in [3.05, 3.63) is 18.0 Å². The van der Waals surface area contributed by atoms with Crippen molar-refractivity contribution in [2.45, 2.75) is 19.4 Å². The molecule has 0 saturated heterocycles. The maximum atomic E-state index is 9.97. The topological polar surface area (TPSA) is 55.5 Å². The fourth-order valence-electron chi connectivity index (χ4n) is 0.700. The molecule has 0 fully saturated rings. The fourth-order valence-corrected chi connectivity index (χ4v) is 0.700. The smallest absolute Gasteiger partial charge is 0.235 e. The van der Waals surface area contributed by atoms with Gasteiger partial charge >= 0.3 is 0 Å². The van der Waals surface area contributed by atoms with Gasteiger partial charge in [0.05, 0.1) is 0 Å². The first kappa shape index (κ1) is 7.69. The van der Waals surface area contributed by atoms with E-state index < -0.39 is 5.54 Å². The molecule has 0 aliphatic rings. The first-order valence-electron chi connectivity index (χ1n) is 3.17. The summed E-state index contributed by atoms with van der Waals surface area (Å²) in [5.41, 5.74) is -0.00442. The molecule has 11 heavy (non-hydrogen) atoms. The standard InChI is InChI=1S/C7H8N2O2/c1-7(2,8-5-10)6-3-4-11-9-6/h3-4H,1-2H3. The molecule has 0 atom stereocenters. The van der Waals surface area contributed by atoms with Crippen LogP contribution in [0.4, 0.5) is 0 Å². The van der Waals surface area contributed by atoms with Gasteiger partial charge in [-0.15, -0.1) is 0 Å². The summed E-state index contributed by atoms with van der Waals surface area (Å²) < 4.78 is 4.61. The molecule has 0 radical (unpaired) electrons. The number of aromatic nitrogens is 1. The molecular formula is C7H8N2O2. The van der Waals surface area contributed by atoms with Crippen molar-refractivity contribution in [2.24, 2.45) is 4.99 Å². The lowest BCUT2D eigenvalue weighted by atomic mass is 10.0. The van der Waals surface area contributed by atoms with Crippen molar-refractivity contribution in [1.82, 2.24) is 5.16 Å². The first-order valence-corrected chi connectivity index (χ1v) is 3.17. The second-order valence-corrected chi connectivity index (χ2v) is 2.65. The quantitative estimate of drug-likeness (QED) is 0.473. The maximum absolute atomic E-state index is 9.97. The molecule has 1 rings (SSSR count). The predicted molar refractivity (Wildman–Crippen MR) is 37.7 cm³/mol. The maximum Gasteiger partial charge on any atom is 0.235 e. The van der Waals surface area contributed by atoms with Gasteiger partial charge in [0.2, 0.25) is 6.08 Å². The molecule has 1 aromatic heterocycles. The van der Waals surface area contributed by atoms with Gasteiger partial charge in [-0.05, 0) is 13.8 Å². The molecule has 0 unspecified atom stereocenters. The van der Waals surface area contributed by atoms with Crippen LogP contribution in [0, 0.1) is 0 Å². The highest BCUT2D eigenvalue weighted by Gasteiger charge is 2.22. The molecule has 0 saturated carbocycles. The van der Waals surface area contributed by atoms with Gasteiger partial charge in [0.25, 0.3) is 0 Å². The van der Waals surface area contributed by atoms with E-state index in [2.05, 4.69) is 14.7 Å². The highest BCUT2D eigenvalue weighted by atomic mass is 16.5. The number of carbonyl (C=O) groups excluding carboxylic acids is 1. The Hall–Kier alpha value is -1.41. The summed E-state index contributed by atoms with van der Waals surface area (Å²) in [6, 6.07) is 1.67. The number of aliphatic imine (C=N–C) groups is 1. The molecule has 0 aliphatic heterocycles. The third-order valence-corrected chi connectivity index (χ3v) is 1.39. The fraction of sp³-hybridized carbons (Fsp3) is 0.429. The van der Waals surface area contributed by atoms with Gasteiger partial charge in [0.1, 0.15) is 17.5 Å². The first-order chi connectivity index (χ1) is 5.17. The van der Waals surface area contributed by atoms with Crippen LogP contribution in [0.3, 0.4) is 0 Å². The monoisotopic (exact) mass is 152 g/mol. The van der Waals surface area contributed by atoms with Gasteiger partial charge in [0.15, 0.2) is 0 Å². The van der Waals surface area contributed by atoms with Gasteiger partial charge in [-0.25, -0.2) is 4.79 Å². The Labute approximate surface area is 63.9 Å². The predicted octanol–water partition coefficient (Wildman–Crippen LogP) is 1.25. The minimum absolute atomic E-state index is 0.626. The van der Waals surface area contributed by atoms with Crippen LogP contribution >= 0.6 is 0 Å². The lowest BCUT2D eigenvalue weighted by Gasteiger charge is -2.11.